The van der Waals surface area contributed by atoms with E-state index in [1.165, 1.54) is 0 Å². The molecule has 0 fully saturated rings. The van der Waals surface area contributed by atoms with Gasteiger partial charge in [-0.2, -0.15) is 0 Å². The van der Waals surface area contributed by atoms with Crippen LogP contribution in [0.1, 0.15) is 5.69 Å². The van der Waals surface area contributed by atoms with Gasteiger partial charge in [-0.1, -0.05) is 52.5 Å². The summed E-state index contributed by atoms with van der Waals surface area (Å²) in [5.74, 6) is 0. The Morgan fingerprint density at radius 3 is 1.92 bits per heavy atom. The first-order chi connectivity index (χ1) is 5.00. The number of hydrogen-bond acceptors (Lipinski definition) is 3. The Kier molecular flexibility index (Phi) is 7.07. The molecule has 0 aromatic carbocycles. The van der Waals surface area contributed by atoms with Gasteiger partial charge in [-0.15, -0.1) is 0 Å². The zero-order chi connectivity index (χ0) is 8.48. The molecule has 0 saturated heterocycles. The molecule has 1 heterocycles. The maximum absolute atomic E-state index is 5.56. The number of nitrogens with zero attached hydrogens (tertiary/aromatic N) is 1. The minimum absolute atomic E-state index is 0. The van der Waals surface area contributed by atoms with E-state index < -0.39 is 3.79 Å². The summed E-state index contributed by atoms with van der Waals surface area (Å²) >= 11 is 22.2. The van der Waals surface area contributed by atoms with Crippen LogP contribution in [0.5, 0.6) is 0 Å². The molecule has 1 aromatic heterocycles. The van der Waals surface area contributed by atoms with Crippen molar-refractivity contribution in [3.63, 3.8) is 0 Å². The number of rotatable bonds is 0. The number of halogens is 4. The highest BCUT2D eigenvalue weighted by Gasteiger charge is 2.24. The molecule has 3 nitrogen and oxygen atoms in total. The van der Waals surface area contributed by atoms with Crippen molar-refractivity contribution in [2.75, 3.05) is 0 Å². The Morgan fingerprint density at radius 2 is 1.62 bits per heavy atom. The quantitative estimate of drug-likeness (QED) is 0.551. The molecule has 1 aromatic rings. The Morgan fingerprint density at radius 1 is 1.08 bits per heavy atom. The van der Waals surface area contributed by atoms with Crippen molar-refractivity contribution in [1.82, 2.24) is 17.3 Å². The summed E-state index contributed by atoms with van der Waals surface area (Å²) in [6.07, 6.45) is 0. The minimum Gasteiger partial charge on any atom is -0.344 e. The van der Waals surface area contributed by atoms with E-state index in [0.717, 1.165) is 0 Å². The topological polar surface area (TPSA) is 82.9 Å². The SMILES string of the molecule is Clc1cccc(C(Cl)(Cl)Cl)n1.N.N. The standard InChI is InChI=1S/C6H3Cl4N.2H3N/c7-5-3-1-2-4(11-5)6(8,9)10;;/h1-3H;2*1H3. The van der Waals surface area contributed by atoms with E-state index >= 15 is 0 Å². The molecule has 0 radical (unpaired) electrons. The number of aromatic nitrogens is 1. The Bertz CT molecular complexity index is 260. The van der Waals surface area contributed by atoms with Crippen LogP contribution in [0.3, 0.4) is 0 Å². The summed E-state index contributed by atoms with van der Waals surface area (Å²) in [5, 5.41) is 0.314. The molecule has 0 bridgehead atoms. The highest BCUT2D eigenvalue weighted by atomic mass is 35.6. The van der Waals surface area contributed by atoms with Gasteiger partial charge in [0, 0.05) is 0 Å². The van der Waals surface area contributed by atoms with Crippen LogP contribution in [0.15, 0.2) is 18.2 Å². The fourth-order valence-electron chi connectivity index (χ4n) is 0.566. The Labute approximate surface area is 96.5 Å². The van der Waals surface area contributed by atoms with Gasteiger partial charge >= 0.3 is 0 Å². The zero-order valence-electron chi connectivity index (χ0n) is 6.61. The fraction of sp³-hybridized carbons (Fsp3) is 0.167. The van der Waals surface area contributed by atoms with Gasteiger partial charge in [0.05, 0.1) is 5.69 Å². The highest BCUT2D eigenvalue weighted by Crippen LogP contribution is 2.36. The lowest BCUT2D eigenvalue weighted by molar-refractivity contribution is 1.09. The van der Waals surface area contributed by atoms with E-state index in [0.29, 0.717) is 10.8 Å². The fourth-order valence-corrected chi connectivity index (χ4v) is 1.05. The van der Waals surface area contributed by atoms with Crippen molar-refractivity contribution >= 4 is 46.4 Å². The third-order valence-electron chi connectivity index (χ3n) is 1.01. The number of alkyl halides is 3. The van der Waals surface area contributed by atoms with Gasteiger partial charge < -0.3 is 12.3 Å². The van der Waals surface area contributed by atoms with E-state index in [2.05, 4.69) is 4.98 Å². The molecule has 0 saturated carbocycles. The molecule has 0 aliphatic carbocycles. The van der Waals surface area contributed by atoms with Crippen LogP contribution in [0.4, 0.5) is 0 Å². The molecule has 76 valence electrons. The van der Waals surface area contributed by atoms with E-state index in [9.17, 15) is 0 Å². The van der Waals surface area contributed by atoms with Crippen molar-refractivity contribution < 1.29 is 0 Å². The number of pyridine rings is 1. The maximum atomic E-state index is 5.56. The van der Waals surface area contributed by atoms with Crippen LogP contribution in [0.25, 0.3) is 0 Å². The molecular weight excluding hydrogens is 256 g/mol. The third-order valence-corrected chi connectivity index (χ3v) is 1.80. The van der Waals surface area contributed by atoms with Crippen molar-refractivity contribution in [1.29, 1.82) is 0 Å². The molecule has 0 atom stereocenters. The second kappa shape index (κ2) is 5.86. The average molecular weight is 265 g/mol. The lowest BCUT2D eigenvalue weighted by Gasteiger charge is -2.08. The second-order valence-corrected chi connectivity index (χ2v) is 4.51. The lowest BCUT2D eigenvalue weighted by atomic mass is 10.4. The first-order valence-corrected chi connectivity index (χ1v) is 4.21. The van der Waals surface area contributed by atoms with Crippen molar-refractivity contribution in [3.05, 3.63) is 29.0 Å². The van der Waals surface area contributed by atoms with Crippen LogP contribution >= 0.6 is 46.4 Å². The Balaban J connectivity index is 0. The summed E-state index contributed by atoms with van der Waals surface area (Å²) < 4.78 is -1.50. The van der Waals surface area contributed by atoms with Crippen molar-refractivity contribution in [3.8, 4) is 0 Å². The smallest absolute Gasteiger partial charge is 0.232 e. The van der Waals surface area contributed by atoms with E-state index in [1.54, 1.807) is 18.2 Å². The predicted octanol–water partition coefficient (Wildman–Crippen LogP) is 3.89. The van der Waals surface area contributed by atoms with Gasteiger partial charge in [-0.05, 0) is 12.1 Å². The van der Waals surface area contributed by atoms with Gasteiger partial charge in [0.2, 0.25) is 3.79 Å². The summed E-state index contributed by atoms with van der Waals surface area (Å²) in [4.78, 5) is 3.81. The van der Waals surface area contributed by atoms with E-state index in [1.807, 2.05) is 0 Å². The first-order valence-electron chi connectivity index (χ1n) is 2.70. The van der Waals surface area contributed by atoms with E-state index in [4.69, 9.17) is 46.4 Å². The molecule has 7 heteroatoms. The van der Waals surface area contributed by atoms with Gasteiger partial charge in [0.1, 0.15) is 5.15 Å². The number of hydrogen-bond donors (Lipinski definition) is 2. The van der Waals surface area contributed by atoms with Crippen LogP contribution in [-0.4, -0.2) is 4.98 Å². The molecule has 1 rings (SSSR count). The van der Waals surface area contributed by atoms with Crippen molar-refractivity contribution in [2.45, 2.75) is 3.79 Å². The summed E-state index contributed by atoms with van der Waals surface area (Å²) in [5.41, 5.74) is 0.329. The normalized spacial score (nSPS) is 9.85. The molecule has 0 unspecified atom stereocenters. The highest BCUT2D eigenvalue weighted by molar-refractivity contribution is 6.66. The zero-order valence-corrected chi connectivity index (χ0v) is 9.63. The second-order valence-electron chi connectivity index (χ2n) is 1.84. The lowest BCUT2D eigenvalue weighted by Crippen LogP contribution is -2.02. The Hall–Kier alpha value is 0.230. The van der Waals surface area contributed by atoms with Crippen molar-refractivity contribution in [2.24, 2.45) is 0 Å². The minimum atomic E-state index is -1.50. The maximum Gasteiger partial charge on any atom is 0.232 e. The molecule has 0 spiro atoms. The summed E-state index contributed by atoms with van der Waals surface area (Å²) in [6.45, 7) is 0. The predicted molar refractivity (Wildman–Crippen MR) is 58.5 cm³/mol. The summed E-state index contributed by atoms with van der Waals surface area (Å²) in [6, 6.07) is 4.88. The third kappa shape index (κ3) is 4.86. The van der Waals surface area contributed by atoms with Gasteiger partial charge in [0.15, 0.2) is 0 Å². The molecule has 0 amide bonds. The van der Waals surface area contributed by atoms with Crippen LogP contribution in [0.2, 0.25) is 5.15 Å². The van der Waals surface area contributed by atoms with Crippen LogP contribution in [0, 0.1) is 0 Å². The molecule has 13 heavy (non-hydrogen) atoms. The molecular formula is C6H9Cl4N3. The molecule has 6 N–H and O–H groups in total. The monoisotopic (exact) mass is 263 g/mol. The first kappa shape index (κ1) is 15.7. The van der Waals surface area contributed by atoms with Gasteiger partial charge in [-0.3, -0.25) is 0 Å². The largest absolute Gasteiger partial charge is 0.344 e. The van der Waals surface area contributed by atoms with E-state index in [-0.39, 0.29) is 12.3 Å². The van der Waals surface area contributed by atoms with Crippen LogP contribution in [-0.2, 0) is 3.79 Å². The average Bonchev–Trinajstić information content (AvgIpc) is 1.86. The van der Waals surface area contributed by atoms with Crippen LogP contribution < -0.4 is 12.3 Å². The summed E-state index contributed by atoms with van der Waals surface area (Å²) in [7, 11) is 0. The molecule has 0 aliphatic rings. The van der Waals surface area contributed by atoms with Gasteiger partial charge in [0.25, 0.3) is 0 Å². The van der Waals surface area contributed by atoms with Gasteiger partial charge in [-0.25, -0.2) is 4.98 Å². The molecule has 0 aliphatic heterocycles.